The molecule has 16 heavy (non-hydrogen) atoms. The highest BCUT2D eigenvalue weighted by molar-refractivity contribution is 7.12. The molecular formula is C12H14N2OS. The van der Waals surface area contributed by atoms with Gasteiger partial charge in [-0.1, -0.05) is 12.1 Å². The summed E-state index contributed by atoms with van der Waals surface area (Å²) in [5, 5.41) is 0.968. The summed E-state index contributed by atoms with van der Waals surface area (Å²) < 4.78 is 5.20. The Morgan fingerprint density at radius 3 is 2.88 bits per heavy atom. The minimum absolute atomic E-state index is 0.496. The van der Waals surface area contributed by atoms with Gasteiger partial charge in [-0.15, -0.1) is 11.3 Å². The first kappa shape index (κ1) is 11.1. The average molecular weight is 234 g/mol. The molecule has 4 heteroatoms. The number of nitrogens with zero attached hydrogens (tertiary/aromatic N) is 1. The van der Waals surface area contributed by atoms with Crippen molar-refractivity contribution >= 4 is 11.3 Å². The van der Waals surface area contributed by atoms with Crippen LogP contribution in [-0.2, 0) is 6.54 Å². The van der Waals surface area contributed by atoms with E-state index in [0.29, 0.717) is 6.54 Å². The number of benzene rings is 1. The molecule has 0 fully saturated rings. The Balaban J connectivity index is 2.45. The standard InChI is InChI=1S/C12H14N2OS/c1-8-12(14-11(7-13)16-8)9-4-3-5-10(6-9)15-2/h3-6H,7,13H2,1-2H3. The van der Waals surface area contributed by atoms with E-state index in [1.54, 1.807) is 18.4 Å². The van der Waals surface area contributed by atoms with E-state index in [1.807, 2.05) is 24.3 Å². The summed E-state index contributed by atoms with van der Waals surface area (Å²) in [5.41, 5.74) is 7.67. The van der Waals surface area contributed by atoms with Gasteiger partial charge in [0.25, 0.3) is 0 Å². The largest absolute Gasteiger partial charge is 0.497 e. The first-order chi connectivity index (χ1) is 7.74. The lowest BCUT2D eigenvalue weighted by atomic mass is 10.1. The number of rotatable bonds is 3. The smallest absolute Gasteiger partial charge is 0.119 e. The van der Waals surface area contributed by atoms with Crippen molar-refractivity contribution in [1.29, 1.82) is 0 Å². The molecule has 1 aromatic heterocycles. The van der Waals surface area contributed by atoms with Crippen molar-refractivity contribution in [2.45, 2.75) is 13.5 Å². The molecule has 0 aliphatic carbocycles. The van der Waals surface area contributed by atoms with Gasteiger partial charge in [0.15, 0.2) is 0 Å². The van der Waals surface area contributed by atoms with E-state index in [2.05, 4.69) is 11.9 Å². The SMILES string of the molecule is COc1cccc(-c2nc(CN)sc2C)c1. The molecule has 0 radical (unpaired) electrons. The number of hydrogen-bond acceptors (Lipinski definition) is 4. The highest BCUT2D eigenvalue weighted by atomic mass is 32.1. The van der Waals surface area contributed by atoms with E-state index in [9.17, 15) is 0 Å². The van der Waals surface area contributed by atoms with Crippen molar-refractivity contribution in [2.24, 2.45) is 5.73 Å². The lowest BCUT2D eigenvalue weighted by molar-refractivity contribution is 0.415. The molecule has 0 saturated carbocycles. The normalized spacial score (nSPS) is 10.4. The van der Waals surface area contributed by atoms with E-state index < -0.39 is 0 Å². The van der Waals surface area contributed by atoms with E-state index in [1.165, 1.54) is 4.88 Å². The van der Waals surface area contributed by atoms with E-state index in [4.69, 9.17) is 10.5 Å². The molecule has 0 bridgehead atoms. The second-order valence-corrected chi connectivity index (χ2v) is 4.74. The molecular weight excluding hydrogens is 220 g/mol. The highest BCUT2D eigenvalue weighted by Gasteiger charge is 2.09. The number of methoxy groups -OCH3 is 1. The van der Waals surface area contributed by atoms with Gasteiger partial charge in [0, 0.05) is 17.0 Å². The number of nitrogens with two attached hydrogens (primary N) is 1. The number of hydrogen-bond donors (Lipinski definition) is 1. The third-order valence-corrected chi connectivity index (χ3v) is 3.35. The van der Waals surface area contributed by atoms with Crippen LogP contribution in [0.5, 0.6) is 5.75 Å². The van der Waals surface area contributed by atoms with Crippen LogP contribution < -0.4 is 10.5 Å². The van der Waals surface area contributed by atoms with Crippen LogP contribution in [0.1, 0.15) is 9.88 Å². The molecule has 0 unspecified atom stereocenters. The average Bonchev–Trinajstić information content (AvgIpc) is 2.71. The lowest BCUT2D eigenvalue weighted by Gasteiger charge is -2.02. The van der Waals surface area contributed by atoms with Crippen molar-refractivity contribution in [3.8, 4) is 17.0 Å². The maximum atomic E-state index is 5.59. The molecule has 2 rings (SSSR count). The summed E-state index contributed by atoms with van der Waals surface area (Å²) in [6.45, 7) is 2.56. The summed E-state index contributed by atoms with van der Waals surface area (Å²) in [7, 11) is 1.67. The molecule has 2 aromatic rings. The maximum Gasteiger partial charge on any atom is 0.119 e. The highest BCUT2D eigenvalue weighted by Crippen LogP contribution is 2.29. The number of ether oxygens (including phenoxy) is 1. The van der Waals surface area contributed by atoms with Gasteiger partial charge in [-0.25, -0.2) is 4.98 Å². The van der Waals surface area contributed by atoms with Crippen LogP contribution in [0.15, 0.2) is 24.3 Å². The van der Waals surface area contributed by atoms with Crippen LogP contribution in [0, 0.1) is 6.92 Å². The van der Waals surface area contributed by atoms with Crippen molar-refractivity contribution < 1.29 is 4.74 Å². The molecule has 1 heterocycles. The van der Waals surface area contributed by atoms with Crippen LogP contribution in [0.3, 0.4) is 0 Å². The molecule has 0 aliphatic rings. The molecule has 0 spiro atoms. The molecule has 2 N–H and O–H groups in total. The Morgan fingerprint density at radius 1 is 1.44 bits per heavy atom. The van der Waals surface area contributed by atoms with Gasteiger partial charge in [0.05, 0.1) is 12.8 Å². The lowest BCUT2D eigenvalue weighted by Crippen LogP contribution is -1.94. The molecule has 0 aliphatic heterocycles. The summed E-state index contributed by atoms with van der Waals surface area (Å²) in [6, 6.07) is 7.91. The number of thiazole rings is 1. The topological polar surface area (TPSA) is 48.1 Å². The fraction of sp³-hybridized carbons (Fsp3) is 0.250. The zero-order valence-corrected chi connectivity index (χ0v) is 10.2. The van der Waals surface area contributed by atoms with E-state index in [0.717, 1.165) is 22.0 Å². The van der Waals surface area contributed by atoms with Gasteiger partial charge in [-0.05, 0) is 19.1 Å². The predicted molar refractivity (Wildman–Crippen MR) is 66.7 cm³/mol. The van der Waals surface area contributed by atoms with Crippen LogP contribution in [0.2, 0.25) is 0 Å². The third kappa shape index (κ3) is 2.08. The van der Waals surface area contributed by atoms with Crippen LogP contribution in [0.25, 0.3) is 11.3 Å². The Kier molecular flexibility index (Phi) is 3.22. The third-order valence-electron chi connectivity index (χ3n) is 2.36. The van der Waals surface area contributed by atoms with Crippen molar-refractivity contribution in [3.63, 3.8) is 0 Å². The summed E-state index contributed by atoms with van der Waals surface area (Å²) in [6.07, 6.45) is 0. The second-order valence-electron chi connectivity index (χ2n) is 3.45. The van der Waals surface area contributed by atoms with E-state index >= 15 is 0 Å². The monoisotopic (exact) mass is 234 g/mol. The predicted octanol–water partition coefficient (Wildman–Crippen LogP) is 2.59. The van der Waals surface area contributed by atoms with E-state index in [-0.39, 0.29) is 0 Å². The van der Waals surface area contributed by atoms with Crippen molar-refractivity contribution in [1.82, 2.24) is 4.98 Å². The fourth-order valence-electron chi connectivity index (χ4n) is 1.58. The summed E-state index contributed by atoms with van der Waals surface area (Å²) in [4.78, 5) is 5.70. The molecule has 0 saturated heterocycles. The van der Waals surface area contributed by atoms with Crippen molar-refractivity contribution in [3.05, 3.63) is 34.2 Å². The first-order valence-electron chi connectivity index (χ1n) is 5.05. The maximum absolute atomic E-state index is 5.59. The Labute approximate surface area is 98.9 Å². The van der Waals surface area contributed by atoms with Crippen LogP contribution in [-0.4, -0.2) is 12.1 Å². The Bertz CT molecular complexity index is 494. The zero-order valence-electron chi connectivity index (χ0n) is 9.36. The number of aromatic nitrogens is 1. The minimum atomic E-state index is 0.496. The fourth-order valence-corrected chi connectivity index (χ4v) is 2.41. The van der Waals surface area contributed by atoms with Crippen LogP contribution in [0.4, 0.5) is 0 Å². The number of aryl methyl sites for hydroxylation is 1. The summed E-state index contributed by atoms with van der Waals surface area (Å²) in [5.74, 6) is 0.846. The van der Waals surface area contributed by atoms with Gasteiger partial charge in [-0.2, -0.15) is 0 Å². The first-order valence-corrected chi connectivity index (χ1v) is 5.87. The molecule has 0 amide bonds. The Hall–Kier alpha value is -1.39. The van der Waals surface area contributed by atoms with Gasteiger partial charge in [0.1, 0.15) is 10.8 Å². The Morgan fingerprint density at radius 2 is 2.25 bits per heavy atom. The molecule has 1 aromatic carbocycles. The molecule has 3 nitrogen and oxygen atoms in total. The molecule has 0 atom stereocenters. The molecule has 84 valence electrons. The van der Waals surface area contributed by atoms with Crippen molar-refractivity contribution in [2.75, 3.05) is 7.11 Å². The van der Waals surface area contributed by atoms with Gasteiger partial charge >= 0.3 is 0 Å². The van der Waals surface area contributed by atoms with Gasteiger partial charge < -0.3 is 10.5 Å². The van der Waals surface area contributed by atoms with Gasteiger partial charge in [0.2, 0.25) is 0 Å². The van der Waals surface area contributed by atoms with Gasteiger partial charge in [-0.3, -0.25) is 0 Å². The quantitative estimate of drug-likeness (QED) is 0.888. The van der Waals surface area contributed by atoms with Crippen LogP contribution >= 0.6 is 11.3 Å². The zero-order chi connectivity index (χ0) is 11.5. The second kappa shape index (κ2) is 4.63. The minimum Gasteiger partial charge on any atom is -0.497 e. The summed E-state index contributed by atoms with van der Waals surface area (Å²) >= 11 is 1.65.